The molecule has 4 saturated carbocycles. The van der Waals surface area contributed by atoms with Crippen molar-refractivity contribution in [3.63, 3.8) is 0 Å². The SMILES string of the molecule is CC(C)(/C=C/C[C@](C)(O[C@@H]1O[C@H](CO[C@@H]2OC[C@@H](O)[C@H](O)[C@H]2O)[C@@H](O)[C@H](O)[C@H]1O)[C@@]1(C)CC[C@]2(C)[C@@H]1[C@H](O)C[C@@H]1[C@@]3(C)CC[C@H](O[C@@H]4O[C@H](CO)[C@@H](O)[C@H](O)[C@H]4O[C@@H]4O[C@H](CO)[C@@H](O)[C@H](O)[C@H]4O)C(C)(C)[C@@H]3CC[C@]12C)OO. The van der Waals surface area contributed by atoms with Crippen LogP contribution in [0.15, 0.2) is 12.2 Å². The van der Waals surface area contributed by atoms with E-state index in [-0.39, 0.29) is 35.7 Å². The first-order valence-electron chi connectivity index (χ1n) is 27.9. The van der Waals surface area contributed by atoms with E-state index in [1.807, 2.05) is 6.92 Å². The molecule has 0 radical (unpaired) electrons. The summed E-state index contributed by atoms with van der Waals surface area (Å²) in [5, 5.41) is 162. The third kappa shape index (κ3) is 10.6. The molecule has 15 N–H and O–H groups in total. The van der Waals surface area contributed by atoms with E-state index < -0.39 is 182 Å². The van der Waals surface area contributed by atoms with Gasteiger partial charge in [0.15, 0.2) is 25.2 Å². The van der Waals surface area contributed by atoms with Crippen LogP contribution in [0.5, 0.6) is 0 Å². The van der Waals surface area contributed by atoms with Crippen LogP contribution < -0.4 is 0 Å². The van der Waals surface area contributed by atoms with Gasteiger partial charge in [-0.15, -0.1) is 0 Å². The average molecular weight is 1130 g/mol. The fraction of sp³-hybridized carbons (Fsp3) is 0.963. The summed E-state index contributed by atoms with van der Waals surface area (Å²) in [5.41, 5.74) is -5.14. The van der Waals surface area contributed by atoms with Crippen molar-refractivity contribution in [1.82, 2.24) is 0 Å². The van der Waals surface area contributed by atoms with Crippen LogP contribution in [-0.2, 0) is 42.8 Å². The van der Waals surface area contributed by atoms with E-state index >= 15 is 0 Å². The highest BCUT2D eigenvalue weighted by atomic mass is 17.1. The summed E-state index contributed by atoms with van der Waals surface area (Å²) in [6, 6.07) is 0. The van der Waals surface area contributed by atoms with Gasteiger partial charge < -0.3 is 109 Å². The predicted molar refractivity (Wildman–Crippen MR) is 268 cm³/mol. The summed E-state index contributed by atoms with van der Waals surface area (Å²) in [4.78, 5) is 4.73. The molecular weight excluding hydrogens is 1030 g/mol. The second-order valence-electron chi connectivity index (χ2n) is 26.4. The lowest BCUT2D eigenvalue weighted by Crippen LogP contribution is -2.69. The van der Waals surface area contributed by atoms with Crippen LogP contribution in [-0.4, -0.2) is 243 Å². The quantitative estimate of drug-likeness (QED) is 0.0354. The standard InChI is InChI=1S/C54H92O24/c1-48(2,78-69)13-10-14-54(9,77-46-41(68)37(64)35(62)28(74-46)23-71-44-39(66)32(59)25(58)22-70-44)53(8)18-17-52(7)43(53)24(57)19-30-50(5)15-12-31(49(3,4)29(50)11-16-51(30,52)6)75-47-42(38(65)34(61)27(21-56)73-47)76-45-40(67)36(63)33(60)26(20-55)72-45/h10,13,24-47,55-69H,11-12,14-23H2,1-9H3/b13-10+/t24-,25-,26-,27-,28-,29+,30-,31+,32+,33-,34-,35-,36+,37+,38+,39-,40-,41-,42-,43+,44+,45+,46+,47+,50+,51-,52-,53+,54+/m1/s1. The molecule has 4 heterocycles. The lowest BCUT2D eigenvalue weighted by Gasteiger charge is -2.71. The molecule has 0 aromatic heterocycles. The van der Waals surface area contributed by atoms with Gasteiger partial charge in [-0.2, -0.15) is 0 Å². The molecule has 29 atom stereocenters. The molecule has 78 heavy (non-hydrogen) atoms. The lowest BCUT2D eigenvalue weighted by molar-refractivity contribution is -0.378. The highest BCUT2D eigenvalue weighted by Gasteiger charge is 2.75. The molecule has 0 aromatic rings. The Hall–Kier alpha value is -1.22. The van der Waals surface area contributed by atoms with Crippen LogP contribution in [0.4, 0.5) is 0 Å². The van der Waals surface area contributed by atoms with Gasteiger partial charge in [0.05, 0.1) is 44.2 Å². The average Bonchev–Trinajstić information content (AvgIpc) is 3.79. The summed E-state index contributed by atoms with van der Waals surface area (Å²) < 4.78 is 48.8. The van der Waals surface area contributed by atoms with Gasteiger partial charge in [-0.1, -0.05) is 53.7 Å². The van der Waals surface area contributed by atoms with Gasteiger partial charge in [-0.25, -0.2) is 4.89 Å². The van der Waals surface area contributed by atoms with Crippen molar-refractivity contribution >= 4 is 0 Å². The van der Waals surface area contributed by atoms with Crippen molar-refractivity contribution in [2.45, 2.75) is 254 Å². The lowest BCUT2D eigenvalue weighted by atomic mass is 9.34. The molecule has 0 spiro atoms. The molecule has 4 saturated heterocycles. The van der Waals surface area contributed by atoms with E-state index in [2.05, 4.69) is 41.5 Å². The van der Waals surface area contributed by atoms with Gasteiger partial charge in [0.25, 0.3) is 0 Å². The Morgan fingerprint density at radius 3 is 1.77 bits per heavy atom. The number of hydrogen-bond donors (Lipinski definition) is 15. The van der Waals surface area contributed by atoms with Gasteiger partial charge in [-0.3, -0.25) is 5.26 Å². The minimum absolute atomic E-state index is 0.00333. The minimum atomic E-state index is -1.83. The van der Waals surface area contributed by atoms with E-state index in [0.29, 0.717) is 32.1 Å². The maximum absolute atomic E-state index is 13.0. The second-order valence-corrected chi connectivity index (χ2v) is 26.4. The van der Waals surface area contributed by atoms with E-state index in [9.17, 15) is 76.7 Å². The molecular formula is C54H92O24. The topological polar surface area (TPSA) is 387 Å². The van der Waals surface area contributed by atoms with Crippen molar-refractivity contribution in [3.8, 4) is 0 Å². The highest BCUT2D eigenvalue weighted by Crippen LogP contribution is 2.78. The van der Waals surface area contributed by atoms with Crippen LogP contribution in [0, 0.1) is 44.8 Å². The van der Waals surface area contributed by atoms with Crippen LogP contribution in [0.2, 0.25) is 0 Å². The Balaban J connectivity index is 1.04. The molecule has 0 aromatic carbocycles. The summed E-state index contributed by atoms with van der Waals surface area (Å²) in [7, 11) is 0. The molecule has 4 aliphatic heterocycles. The first-order valence-corrected chi connectivity index (χ1v) is 27.9. The molecule has 452 valence electrons. The minimum Gasteiger partial charge on any atom is -0.394 e. The first kappa shape index (κ1) is 62.8. The molecule has 24 heteroatoms. The maximum Gasteiger partial charge on any atom is 0.187 e. The molecule has 4 aliphatic carbocycles. The van der Waals surface area contributed by atoms with Crippen LogP contribution >= 0.6 is 0 Å². The molecule has 8 rings (SSSR count). The Bertz CT molecular complexity index is 2050. The number of ether oxygens (including phenoxy) is 8. The number of rotatable bonds is 16. The zero-order valence-corrected chi connectivity index (χ0v) is 46.4. The summed E-state index contributed by atoms with van der Waals surface area (Å²) in [5.74, 6) is -0.423. The van der Waals surface area contributed by atoms with E-state index in [0.717, 1.165) is 12.8 Å². The number of aliphatic hydroxyl groups is 14. The zero-order chi connectivity index (χ0) is 57.6. The van der Waals surface area contributed by atoms with E-state index in [1.54, 1.807) is 26.0 Å². The van der Waals surface area contributed by atoms with Gasteiger partial charge in [0.1, 0.15) is 97.2 Å². The van der Waals surface area contributed by atoms with Crippen molar-refractivity contribution in [1.29, 1.82) is 0 Å². The monoisotopic (exact) mass is 1120 g/mol. The van der Waals surface area contributed by atoms with E-state index in [1.165, 1.54) is 0 Å². The molecule has 0 amide bonds. The normalized spacial score (nSPS) is 52.6. The molecule has 24 nitrogen and oxygen atoms in total. The molecule has 8 aliphatic rings. The Kier molecular flexibility index (Phi) is 18.5. The Morgan fingerprint density at radius 2 is 1.14 bits per heavy atom. The second kappa shape index (κ2) is 23.0. The third-order valence-electron chi connectivity index (χ3n) is 21.3. The van der Waals surface area contributed by atoms with Crippen LogP contribution in [0.25, 0.3) is 0 Å². The fourth-order valence-corrected chi connectivity index (χ4v) is 16.3. The molecule has 0 unspecified atom stereocenters. The number of aliphatic hydroxyl groups excluding tert-OH is 14. The zero-order valence-electron chi connectivity index (χ0n) is 46.4. The summed E-state index contributed by atoms with van der Waals surface area (Å²) in [6.07, 6.45) is -23.6. The first-order chi connectivity index (χ1) is 36.3. The smallest absolute Gasteiger partial charge is 0.187 e. The maximum atomic E-state index is 13.0. The van der Waals surface area contributed by atoms with Gasteiger partial charge in [0.2, 0.25) is 0 Å². The summed E-state index contributed by atoms with van der Waals surface area (Å²) in [6.45, 7) is 16.1. The van der Waals surface area contributed by atoms with Crippen molar-refractivity contribution in [3.05, 3.63) is 12.2 Å². The molecule has 0 bridgehead atoms. The number of fused-ring (bicyclic) bond motifs is 5. The van der Waals surface area contributed by atoms with Crippen molar-refractivity contribution < 1.29 is 120 Å². The van der Waals surface area contributed by atoms with E-state index in [4.69, 9.17) is 42.8 Å². The number of hydrogen-bond acceptors (Lipinski definition) is 24. The fourth-order valence-electron chi connectivity index (χ4n) is 16.3. The Labute approximate surface area is 455 Å². The summed E-state index contributed by atoms with van der Waals surface area (Å²) >= 11 is 0. The highest BCUT2D eigenvalue weighted by molar-refractivity contribution is 5.24. The van der Waals surface area contributed by atoms with Crippen LogP contribution in [0.3, 0.4) is 0 Å². The van der Waals surface area contributed by atoms with Gasteiger partial charge in [-0.05, 0) is 112 Å². The van der Waals surface area contributed by atoms with Crippen LogP contribution in [0.1, 0.15) is 114 Å². The molecule has 8 fully saturated rings. The van der Waals surface area contributed by atoms with Gasteiger partial charge in [0, 0.05) is 5.41 Å². The van der Waals surface area contributed by atoms with Crippen molar-refractivity contribution in [2.75, 3.05) is 26.4 Å². The van der Waals surface area contributed by atoms with Crippen molar-refractivity contribution in [2.24, 2.45) is 44.8 Å². The largest absolute Gasteiger partial charge is 0.394 e. The predicted octanol–water partition coefficient (Wildman–Crippen LogP) is -1.71. The Morgan fingerprint density at radius 1 is 0.564 bits per heavy atom. The third-order valence-corrected chi connectivity index (χ3v) is 21.3. The van der Waals surface area contributed by atoms with Gasteiger partial charge >= 0.3 is 0 Å².